The number of nitrogens with one attached hydrogen (secondary N) is 1. The second-order valence-corrected chi connectivity index (χ2v) is 7.03. The minimum atomic E-state index is -0.597. The van der Waals surface area contributed by atoms with Crippen LogP contribution in [0.4, 0.5) is 5.69 Å². The molecule has 24 heavy (non-hydrogen) atoms. The van der Waals surface area contributed by atoms with Crippen molar-refractivity contribution in [3.8, 4) is 0 Å². The molecule has 1 aromatic rings. The molecule has 1 aromatic carbocycles. The molecular weight excluding hydrogens is 304 g/mol. The van der Waals surface area contributed by atoms with Crippen molar-refractivity contribution in [2.24, 2.45) is 5.41 Å². The first-order chi connectivity index (χ1) is 11.4. The first-order valence-corrected chi connectivity index (χ1v) is 8.72. The van der Waals surface area contributed by atoms with Gasteiger partial charge in [0.25, 0.3) is 0 Å². The Morgan fingerprint density at radius 3 is 2.25 bits per heavy atom. The third-order valence-corrected chi connectivity index (χ3v) is 5.23. The number of piperidine rings is 1. The summed E-state index contributed by atoms with van der Waals surface area (Å²) < 4.78 is 0. The molecule has 0 spiro atoms. The van der Waals surface area contributed by atoms with E-state index in [0.29, 0.717) is 24.7 Å². The highest BCUT2D eigenvalue weighted by Crippen LogP contribution is 2.34. The van der Waals surface area contributed by atoms with Crippen molar-refractivity contribution in [2.75, 3.05) is 25.0 Å². The van der Waals surface area contributed by atoms with Crippen molar-refractivity contribution in [3.05, 3.63) is 29.8 Å². The summed E-state index contributed by atoms with van der Waals surface area (Å²) in [7, 11) is 0. The number of anilines is 1. The topological polar surface area (TPSA) is 69.6 Å². The highest BCUT2D eigenvalue weighted by molar-refractivity contribution is 6.39. The average molecular weight is 332 g/mol. The Morgan fingerprint density at radius 1 is 1.21 bits per heavy atom. The molecule has 0 atom stereocenters. The van der Waals surface area contributed by atoms with Crippen molar-refractivity contribution in [1.29, 1.82) is 0 Å². The van der Waals surface area contributed by atoms with Crippen LogP contribution >= 0.6 is 0 Å². The van der Waals surface area contributed by atoms with E-state index in [2.05, 4.69) is 26.1 Å². The van der Waals surface area contributed by atoms with Crippen LogP contribution in [0.25, 0.3) is 0 Å². The SMILES string of the molecule is CCC1(CO)CCN(C(=O)C(=O)Nc2ccc(C(C)C)cc2)CC1. The zero-order valence-corrected chi connectivity index (χ0v) is 14.8. The fourth-order valence-corrected chi connectivity index (χ4v) is 3.09. The zero-order chi connectivity index (χ0) is 17.7. The maximum atomic E-state index is 12.3. The van der Waals surface area contributed by atoms with E-state index in [0.717, 1.165) is 19.3 Å². The number of nitrogens with zero attached hydrogens (tertiary/aromatic N) is 1. The van der Waals surface area contributed by atoms with Crippen molar-refractivity contribution < 1.29 is 14.7 Å². The number of aliphatic hydroxyl groups is 1. The number of carbonyl (C=O) groups is 2. The van der Waals surface area contributed by atoms with Crippen LogP contribution in [0.1, 0.15) is 51.5 Å². The molecular formula is C19H28N2O3. The molecule has 2 N–H and O–H groups in total. The lowest BCUT2D eigenvalue weighted by Crippen LogP contribution is -2.48. The number of amides is 2. The van der Waals surface area contributed by atoms with Crippen LogP contribution in [0, 0.1) is 5.41 Å². The first kappa shape index (κ1) is 18.5. The van der Waals surface area contributed by atoms with Crippen LogP contribution in [0.5, 0.6) is 0 Å². The summed E-state index contributed by atoms with van der Waals surface area (Å²) >= 11 is 0. The number of carbonyl (C=O) groups excluding carboxylic acids is 2. The van der Waals surface area contributed by atoms with Gasteiger partial charge < -0.3 is 15.3 Å². The molecule has 2 rings (SSSR count). The van der Waals surface area contributed by atoms with Gasteiger partial charge >= 0.3 is 11.8 Å². The Kier molecular flexibility index (Phi) is 5.99. The second-order valence-electron chi connectivity index (χ2n) is 7.03. The molecule has 0 aliphatic carbocycles. The van der Waals surface area contributed by atoms with Crippen LogP contribution in [-0.4, -0.2) is 41.5 Å². The quantitative estimate of drug-likeness (QED) is 0.833. The summed E-state index contributed by atoms with van der Waals surface area (Å²) in [5.74, 6) is -0.666. The summed E-state index contributed by atoms with van der Waals surface area (Å²) in [6.07, 6.45) is 2.37. The van der Waals surface area contributed by atoms with Gasteiger partial charge in [-0.2, -0.15) is 0 Å². The van der Waals surface area contributed by atoms with E-state index < -0.39 is 11.8 Å². The Bertz CT molecular complexity index is 567. The van der Waals surface area contributed by atoms with Gasteiger partial charge in [-0.3, -0.25) is 9.59 Å². The van der Waals surface area contributed by atoms with Crippen molar-refractivity contribution in [3.63, 3.8) is 0 Å². The highest BCUT2D eigenvalue weighted by Gasteiger charge is 2.35. The van der Waals surface area contributed by atoms with Gasteiger partial charge in [0.2, 0.25) is 0 Å². The summed E-state index contributed by atoms with van der Waals surface area (Å²) in [6.45, 7) is 7.45. The normalized spacial score (nSPS) is 17.0. The van der Waals surface area contributed by atoms with E-state index in [1.54, 1.807) is 4.90 Å². The van der Waals surface area contributed by atoms with E-state index in [1.807, 2.05) is 24.3 Å². The fourth-order valence-electron chi connectivity index (χ4n) is 3.09. The van der Waals surface area contributed by atoms with Gasteiger partial charge in [-0.05, 0) is 48.3 Å². The first-order valence-electron chi connectivity index (χ1n) is 8.72. The Balaban J connectivity index is 1.92. The lowest BCUT2D eigenvalue weighted by atomic mass is 9.77. The molecule has 0 unspecified atom stereocenters. The standard InChI is InChI=1S/C19H28N2O3/c1-4-19(13-22)9-11-21(12-10-19)18(24)17(23)20-16-7-5-15(6-8-16)14(2)3/h5-8,14,22H,4,9-13H2,1-3H3,(H,20,23). The molecule has 1 heterocycles. The molecule has 132 valence electrons. The highest BCUT2D eigenvalue weighted by atomic mass is 16.3. The minimum absolute atomic E-state index is 0.0973. The van der Waals surface area contributed by atoms with Gasteiger partial charge in [-0.25, -0.2) is 0 Å². The second kappa shape index (κ2) is 7.79. The van der Waals surface area contributed by atoms with Crippen molar-refractivity contribution in [1.82, 2.24) is 4.90 Å². The predicted octanol–water partition coefficient (Wildman–Crippen LogP) is 2.76. The predicted molar refractivity (Wildman–Crippen MR) is 94.8 cm³/mol. The number of rotatable bonds is 4. The van der Waals surface area contributed by atoms with Crippen LogP contribution < -0.4 is 5.32 Å². The van der Waals surface area contributed by atoms with Crippen LogP contribution in [-0.2, 0) is 9.59 Å². The average Bonchev–Trinajstić information content (AvgIpc) is 2.61. The molecule has 0 bridgehead atoms. The largest absolute Gasteiger partial charge is 0.396 e. The summed E-state index contributed by atoms with van der Waals surface area (Å²) in [6, 6.07) is 7.57. The fraction of sp³-hybridized carbons (Fsp3) is 0.579. The van der Waals surface area contributed by atoms with Gasteiger partial charge in [-0.1, -0.05) is 32.9 Å². The van der Waals surface area contributed by atoms with E-state index in [-0.39, 0.29) is 12.0 Å². The lowest BCUT2D eigenvalue weighted by Gasteiger charge is -2.39. The molecule has 1 aliphatic heterocycles. The van der Waals surface area contributed by atoms with Crippen LogP contribution in [0.2, 0.25) is 0 Å². The molecule has 0 radical (unpaired) electrons. The molecule has 1 fully saturated rings. The Hall–Kier alpha value is -1.88. The number of hydrogen-bond acceptors (Lipinski definition) is 3. The van der Waals surface area contributed by atoms with Gasteiger partial charge in [0.05, 0.1) is 0 Å². The zero-order valence-electron chi connectivity index (χ0n) is 14.8. The van der Waals surface area contributed by atoms with Crippen molar-refractivity contribution >= 4 is 17.5 Å². The van der Waals surface area contributed by atoms with E-state index >= 15 is 0 Å². The third-order valence-electron chi connectivity index (χ3n) is 5.23. The van der Waals surface area contributed by atoms with E-state index in [9.17, 15) is 14.7 Å². The van der Waals surface area contributed by atoms with Crippen LogP contribution in [0.3, 0.4) is 0 Å². The smallest absolute Gasteiger partial charge is 0.313 e. The number of hydrogen-bond donors (Lipinski definition) is 2. The van der Waals surface area contributed by atoms with Crippen LogP contribution in [0.15, 0.2) is 24.3 Å². The summed E-state index contributed by atoms with van der Waals surface area (Å²) in [5.41, 5.74) is 1.73. The molecule has 0 aromatic heterocycles. The van der Waals surface area contributed by atoms with Gasteiger partial charge in [-0.15, -0.1) is 0 Å². The Morgan fingerprint density at radius 2 is 1.79 bits per heavy atom. The third kappa shape index (κ3) is 4.15. The van der Waals surface area contributed by atoms with E-state index in [4.69, 9.17) is 0 Å². The monoisotopic (exact) mass is 332 g/mol. The minimum Gasteiger partial charge on any atom is -0.396 e. The molecule has 2 amide bonds. The number of benzene rings is 1. The van der Waals surface area contributed by atoms with Gasteiger partial charge in [0.1, 0.15) is 0 Å². The summed E-state index contributed by atoms with van der Waals surface area (Å²) in [4.78, 5) is 26.1. The van der Waals surface area contributed by atoms with E-state index in [1.165, 1.54) is 5.56 Å². The van der Waals surface area contributed by atoms with Gasteiger partial charge in [0.15, 0.2) is 0 Å². The maximum Gasteiger partial charge on any atom is 0.313 e. The molecule has 1 saturated heterocycles. The molecule has 1 aliphatic rings. The van der Waals surface area contributed by atoms with Crippen molar-refractivity contribution in [2.45, 2.75) is 46.0 Å². The number of likely N-dealkylation sites (tertiary alicyclic amines) is 1. The maximum absolute atomic E-state index is 12.3. The molecule has 0 saturated carbocycles. The summed E-state index contributed by atoms with van der Waals surface area (Å²) in [5, 5.41) is 12.2. The number of aliphatic hydroxyl groups excluding tert-OH is 1. The molecule has 5 nitrogen and oxygen atoms in total. The molecule has 5 heteroatoms. The van der Waals surface area contributed by atoms with Gasteiger partial charge in [0, 0.05) is 25.4 Å². The Labute approximate surface area is 144 Å². The lowest BCUT2D eigenvalue weighted by molar-refractivity contribution is -0.145.